The Kier molecular flexibility index (Phi) is 4.26. The number of ether oxygens (including phenoxy) is 2. The third-order valence-electron chi connectivity index (χ3n) is 3.15. The van der Waals surface area contributed by atoms with E-state index in [4.69, 9.17) is 9.47 Å². The molecule has 19 heavy (non-hydrogen) atoms. The van der Waals surface area contributed by atoms with E-state index >= 15 is 0 Å². The molecule has 0 spiro atoms. The quantitative estimate of drug-likeness (QED) is 0.629. The Hall–Kier alpha value is -1.34. The highest BCUT2D eigenvalue weighted by Gasteiger charge is 2.25. The van der Waals surface area contributed by atoms with Crippen molar-refractivity contribution in [2.75, 3.05) is 38.3 Å². The Morgan fingerprint density at radius 1 is 1.47 bits per heavy atom. The maximum absolute atomic E-state index is 11.0. The number of rotatable bonds is 3. The van der Waals surface area contributed by atoms with Crippen LogP contribution in [-0.2, 0) is 4.74 Å². The highest BCUT2D eigenvalue weighted by atomic mass is 79.9. The summed E-state index contributed by atoms with van der Waals surface area (Å²) in [5.74, 6) is 0.315. The van der Waals surface area contributed by atoms with Crippen molar-refractivity contribution < 1.29 is 14.4 Å². The van der Waals surface area contributed by atoms with Crippen LogP contribution in [-0.4, -0.2) is 38.3 Å². The lowest BCUT2D eigenvalue weighted by Gasteiger charge is -2.31. The van der Waals surface area contributed by atoms with Crippen LogP contribution in [0.5, 0.6) is 5.75 Å². The molecule has 1 aromatic carbocycles. The summed E-state index contributed by atoms with van der Waals surface area (Å²) in [5.41, 5.74) is 1.68. The summed E-state index contributed by atoms with van der Waals surface area (Å²) in [7, 11) is 1.45. The summed E-state index contributed by atoms with van der Waals surface area (Å²) in [5, 5.41) is 11.0. The van der Waals surface area contributed by atoms with E-state index in [1.165, 1.54) is 13.2 Å². The standard InChI is InChI=1S/C12H15BrN2O4/c1-8-11(14-3-5-19-6-4-14)9(13)7-10(15(16)17)12(8)18-2/h7H,3-6H2,1-2H3. The average molecular weight is 331 g/mol. The molecular weight excluding hydrogens is 316 g/mol. The normalized spacial score (nSPS) is 15.4. The molecule has 0 atom stereocenters. The maximum atomic E-state index is 11.0. The minimum atomic E-state index is -0.431. The van der Waals surface area contributed by atoms with Crippen LogP contribution < -0.4 is 9.64 Å². The number of nitro groups is 1. The van der Waals surface area contributed by atoms with Gasteiger partial charge in [-0.1, -0.05) is 0 Å². The zero-order valence-electron chi connectivity index (χ0n) is 10.8. The first-order valence-corrected chi connectivity index (χ1v) is 6.69. The Balaban J connectivity index is 2.52. The monoisotopic (exact) mass is 330 g/mol. The van der Waals surface area contributed by atoms with Gasteiger partial charge < -0.3 is 14.4 Å². The zero-order chi connectivity index (χ0) is 14.0. The summed E-state index contributed by atoms with van der Waals surface area (Å²) in [6.45, 7) is 4.68. The van der Waals surface area contributed by atoms with Gasteiger partial charge in [-0.3, -0.25) is 10.1 Å². The first-order chi connectivity index (χ1) is 9.06. The molecule has 1 fully saturated rings. The van der Waals surface area contributed by atoms with E-state index in [1.54, 1.807) is 0 Å². The van der Waals surface area contributed by atoms with Gasteiger partial charge >= 0.3 is 5.69 Å². The average Bonchev–Trinajstić information content (AvgIpc) is 2.39. The predicted molar refractivity (Wildman–Crippen MR) is 75.1 cm³/mol. The third kappa shape index (κ3) is 2.66. The molecule has 104 valence electrons. The molecule has 2 rings (SSSR count). The molecule has 1 aliphatic rings. The summed E-state index contributed by atoms with van der Waals surface area (Å²) in [6, 6.07) is 1.50. The first kappa shape index (κ1) is 14.1. The molecule has 0 saturated carbocycles. The largest absolute Gasteiger partial charge is 0.490 e. The summed E-state index contributed by atoms with van der Waals surface area (Å²) in [6.07, 6.45) is 0. The number of hydrogen-bond donors (Lipinski definition) is 0. The lowest BCUT2D eigenvalue weighted by molar-refractivity contribution is -0.385. The Labute approximate surface area is 119 Å². The summed E-state index contributed by atoms with van der Waals surface area (Å²) in [4.78, 5) is 12.8. The first-order valence-electron chi connectivity index (χ1n) is 5.90. The second kappa shape index (κ2) is 5.75. The molecule has 0 aliphatic carbocycles. The van der Waals surface area contributed by atoms with Crippen molar-refractivity contribution in [2.24, 2.45) is 0 Å². The van der Waals surface area contributed by atoms with Crippen molar-refractivity contribution in [3.63, 3.8) is 0 Å². The van der Waals surface area contributed by atoms with E-state index in [9.17, 15) is 10.1 Å². The smallest absolute Gasteiger partial charge is 0.312 e. The molecule has 1 saturated heterocycles. The number of hydrogen-bond acceptors (Lipinski definition) is 5. The van der Waals surface area contributed by atoms with Gasteiger partial charge in [0.1, 0.15) is 0 Å². The minimum absolute atomic E-state index is 0.0242. The fourth-order valence-electron chi connectivity index (χ4n) is 2.30. The van der Waals surface area contributed by atoms with Gasteiger partial charge in [-0.15, -0.1) is 0 Å². The third-order valence-corrected chi connectivity index (χ3v) is 3.75. The van der Waals surface area contributed by atoms with E-state index < -0.39 is 4.92 Å². The van der Waals surface area contributed by atoms with Crippen LogP contribution in [0.15, 0.2) is 10.5 Å². The molecule has 0 bridgehead atoms. The molecule has 1 heterocycles. The van der Waals surface area contributed by atoms with E-state index in [0.717, 1.165) is 24.3 Å². The van der Waals surface area contributed by atoms with Gasteiger partial charge in [0.15, 0.2) is 0 Å². The van der Waals surface area contributed by atoms with Crippen LogP contribution in [0.4, 0.5) is 11.4 Å². The lowest BCUT2D eigenvalue weighted by atomic mass is 10.1. The van der Waals surface area contributed by atoms with Crippen LogP contribution in [0.25, 0.3) is 0 Å². The van der Waals surface area contributed by atoms with Crippen molar-refractivity contribution in [3.05, 3.63) is 26.2 Å². The molecule has 7 heteroatoms. The van der Waals surface area contributed by atoms with Crippen molar-refractivity contribution in [2.45, 2.75) is 6.92 Å². The van der Waals surface area contributed by atoms with E-state index in [2.05, 4.69) is 20.8 Å². The number of benzene rings is 1. The molecular formula is C12H15BrN2O4. The minimum Gasteiger partial charge on any atom is -0.490 e. The number of morpholine rings is 1. The topological polar surface area (TPSA) is 64.8 Å². The highest BCUT2D eigenvalue weighted by molar-refractivity contribution is 9.10. The molecule has 0 radical (unpaired) electrons. The zero-order valence-corrected chi connectivity index (χ0v) is 12.4. The van der Waals surface area contributed by atoms with Gasteiger partial charge in [-0.25, -0.2) is 0 Å². The number of anilines is 1. The van der Waals surface area contributed by atoms with Crippen LogP contribution in [0.2, 0.25) is 0 Å². The van der Waals surface area contributed by atoms with Crippen molar-refractivity contribution in [1.82, 2.24) is 0 Å². The van der Waals surface area contributed by atoms with Gasteiger partial charge in [0, 0.05) is 29.2 Å². The second-order valence-electron chi connectivity index (χ2n) is 4.24. The molecule has 1 aliphatic heterocycles. The number of methoxy groups -OCH3 is 1. The molecule has 0 N–H and O–H groups in total. The Bertz CT molecular complexity index is 501. The van der Waals surface area contributed by atoms with Crippen LogP contribution in [0.1, 0.15) is 5.56 Å². The lowest BCUT2D eigenvalue weighted by Crippen LogP contribution is -2.37. The van der Waals surface area contributed by atoms with Gasteiger partial charge in [-0.05, 0) is 22.9 Å². The van der Waals surface area contributed by atoms with Crippen molar-refractivity contribution in [3.8, 4) is 5.75 Å². The summed E-state index contributed by atoms with van der Waals surface area (Å²) < 4.78 is 11.2. The number of nitro benzene ring substituents is 1. The van der Waals surface area contributed by atoms with Crippen LogP contribution in [0.3, 0.4) is 0 Å². The van der Waals surface area contributed by atoms with Gasteiger partial charge in [0.25, 0.3) is 0 Å². The molecule has 1 aromatic rings. The maximum Gasteiger partial charge on any atom is 0.312 e. The summed E-state index contributed by atoms with van der Waals surface area (Å²) >= 11 is 3.42. The molecule has 6 nitrogen and oxygen atoms in total. The highest BCUT2D eigenvalue weighted by Crippen LogP contribution is 2.42. The van der Waals surface area contributed by atoms with Gasteiger partial charge in [0.2, 0.25) is 5.75 Å². The van der Waals surface area contributed by atoms with Crippen molar-refractivity contribution >= 4 is 27.3 Å². The van der Waals surface area contributed by atoms with Crippen LogP contribution in [0, 0.1) is 17.0 Å². The molecule has 0 amide bonds. The van der Waals surface area contributed by atoms with E-state index in [1.807, 2.05) is 6.92 Å². The Morgan fingerprint density at radius 2 is 2.11 bits per heavy atom. The fourth-order valence-corrected chi connectivity index (χ4v) is 3.07. The van der Waals surface area contributed by atoms with Gasteiger partial charge in [0.05, 0.1) is 30.9 Å². The van der Waals surface area contributed by atoms with Gasteiger partial charge in [-0.2, -0.15) is 0 Å². The SMILES string of the molecule is COc1c([N+](=O)[O-])cc(Br)c(N2CCOCC2)c1C. The van der Waals surface area contributed by atoms with E-state index in [-0.39, 0.29) is 5.69 Å². The molecule has 0 aromatic heterocycles. The molecule has 0 unspecified atom stereocenters. The Morgan fingerprint density at radius 3 is 2.63 bits per heavy atom. The van der Waals surface area contributed by atoms with Crippen molar-refractivity contribution in [1.29, 1.82) is 0 Å². The van der Waals surface area contributed by atoms with Crippen LogP contribution >= 0.6 is 15.9 Å². The second-order valence-corrected chi connectivity index (χ2v) is 5.10. The van der Waals surface area contributed by atoms with E-state index in [0.29, 0.717) is 23.4 Å². The number of nitrogens with zero attached hydrogens (tertiary/aromatic N) is 2. The number of halogens is 1. The fraction of sp³-hybridized carbons (Fsp3) is 0.500. The predicted octanol–water partition coefficient (Wildman–Crippen LogP) is 2.51.